The summed E-state index contributed by atoms with van der Waals surface area (Å²) < 4.78 is 5.16. The highest BCUT2D eigenvalue weighted by molar-refractivity contribution is 6.30. The highest BCUT2D eigenvalue weighted by Crippen LogP contribution is 2.32. The van der Waals surface area contributed by atoms with E-state index in [0.717, 1.165) is 37.5 Å². The number of halogens is 1. The molecule has 0 aromatic heterocycles. The molecular weight excluding hydrogens is 362 g/mol. The third kappa shape index (κ3) is 5.67. The van der Waals surface area contributed by atoms with Gasteiger partial charge in [0.15, 0.2) is 0 Å². The maximum Gasteiger partial charge on any atom is 0.329 e. The van der Waals surface area contributed by atoms with Crippen LogP contribution in [0.15, 0.2) is 60.2 Å². The van der Waals surface area contributed by atoms with Gasteiger partial charge in [0.05, 0.1) is 6.61 Å². The molecule has 0 saturated carbocycles. The summed E-state index contributed by atoms with van der Waals surface area (Å²) in [6.45, 7) is 2.90. The summed E-state index contributed by atoms with van der Waals surface area (Å²) in [5.41, 5.74) is 5.17. The average Bonchev–Trinajstić information content (AvgIpc) is 2.69. The normalized spacial score (nSPS) is 14.9. The van der Waals surface area contributed by atoms with Gasteiger partial charge in [-0.15, -0.1) is 0 Å². The number of hydrogen-bond donors (Lipinski definition) is 1. The minimum atomic E-state index is -0.922. The maximum atomic E-state index is 10.5. The van der Waals surface area contributed by atoms with Crippen molar-refractivity contribution in [3.63, 3.8) is 0 Å². The van der Waals surface area contributed by atoms with E-state index in [4.69, 9.17) is 21.4 Å². The predicted molar refractivity (Wildman–Crippen MR) is 108 cm³/mol. The molecule has 27 heavy (non-hydrogen) atoms. The average molecular weight is 386 g/mol. The van der Waals surface area contributed by atoms with Crippen LogP contribution in [-0.4, -0.2) is 48.8 Å². The number of carboxylic acids is 1. The van der Waals surface area contributed by atoms with Crippen molar-refractivity contribution in [3.8, 4) is 0 Å². The van der Waals surface area contributed by atoms with E-state index in [1.165, 1.54) is 22.3 Å². The van der Waals surface area contributed by atoms with E-state index in [0.29, 0.717) is 6.61 Å². The second kappa shape index (κ2) is 9.70. The summed E-state index contributed by atoms with van der Waals surface area (Å²) in [5.74, 6) is -0.922. The standard InChI is InChI=1S/C22H24ClNO3/c23-20-8-6-18(7-9-20)22(17-4-2-1-3-5-17)19-10-12-24(13-11-19)14-15-27-16-21(25)26/h1-9H,10-16H2,(H,25,26). The van der Waals surface area contributed by atoms with E-state index in [1.807, 2.05) is 18.2 Å². The third-order valence-electron chi connectivity index (χ3n) is 4.79. The molecule has 4 nitrogen and oxygen atoms in total. The molecule has 0 bridgehead atoms. The van der Waals surface area contributed by atoms with Crippen molar-refractivity contribution in [2.75, 3.05) is 32.8 Å². The third-order valence-corrected chi connectivity index (χ3v) is 5.04. The predicted octanol–water partition coefficient (Wildman–Crippen LogP) is 4.34. The molecule has 2 aromatic rings. The smallest absolute Gasteiger partial charge is 0.329 e. The molecule has 1 aliphatic heterocycles. The van der Waals surface area contributed by atoms with Crippen LogP contribution in [-0.2, 0) is 9.53 Å². The first-order valence-electron chi connectivity index (χ1n) is 9.19. The number of aliphatic carboxylic acids is 1. The monoisotopic (exact) mass is 385 g/mol. The van der Waals surface area contributed by atoms with Gasteiger partial charge in [0.2, 0.25) is 0 Å². The summed E-state index contributed by atoms with van der Waals surface area (Å²) in [5, 5.41) is 9.37. The number of benzene rings is 2. The number of rotatable bonds is 7. The van der Waals surface area contributed by atoms with E-state index in [-0.39, 0.29) is 6.61 Å². The van der Waals surface area contributed by atoms with Gasteiger partial charge in [-0.05, 0) is 41.7 Å². The van der Waals surface area contributed by atoms with E-state index in [9.17, 15) is 4.79 Å². The lowest BCUT2D eigenvalue weighted by Gasteiger charge is -2.30. The second-order valence-electron chi connectivity index (χ2n) is 6.64. The second-order valence-corrected chi connectivity index (χ2v) is 7.08. The summed E-state index contributed by atoms with van der Waals surface area (Å²) in [6.07, 6.45) is 1.98. The number of hydrogen-bond acceptors (Lipinski definition) is 3. The lowest BCUT2D eigenvalue weighted by Crippen LogP contribution is -2.34. The van der Waals surface area contributed by atoms with Crippen molar-refractivity contribution in [2.24, 2.45) is 0 Å². The topological polar surface area (TPSA) is 49.8 Å². The summed E-state index contributed by atoms with van der Waals surface area (Å²) in [6, 6.07) is 18.5. The first kappa shape index (κ1) is 19.6. The molecule has 5 heteroatoms. The van der Waals surface area contributed by atoms with Gasteiger partial charge in [0.25, 0.3) is 0 Å². The van der Waals surface area contributed by atoms with Crippen molar-refractivity contribution < 1.29 is 14.6 Å². The number of nitrogens with zero attached hydrogens (tertiary/aromatic N) is 1. The Morgan fingerprint density at radius 1 is 1.00 bits per heavy atom. The molecule has 1 aliphatic rings. The number of carboxylic acid groups (broad SMARTS) is 1. The van der Waals surface area contributed by atoms with Gasteiger partial charge in [0, 0.05) is 24.7 Å². The van der Waals surface area contributed by atoms with E-state index >= 15 is 0 Å². The molecule has 1 N–H and O–H groups in total. The zero-order valence-electron chi connectivity index (χ0n) is 15.2. The van der Waals surface area contributed by atoms with Crippen LogP contribution in [0.2, 0.25) is 5.02 Å². The van der Waals surface area contributed by atoms with Crippen molar-refractivity contribution in [3.05, 3.63) is 76.3 Å². The fourth-order valence-corrected chi connectivity index (χ4v) is 3.57. The van der Waals surface area contributed by atoms with Crippen molar-refractivity contribution >= 4 is 23.1 Å². The molecular formula is C22H24ClNO3. The number of piperidine rings is 1. The number of carbonyl (C=O) groups is 1. The van der Waals surface area contributed by atoms with Gasteiger partial charge in [-0.3, -0.25) is 0 Å². The van der Waals surface area contributed by atoms with Crippen LogP contribution in [0.1, 0.15) is 24.0 Å². The van der Waals surface area contributed by atoms with Crippen LogP contribution in [0.5, 0.6) is 0 Å². The molecule has 0 radical (unpaired) electrons. The Morgan fingerprint density at radius 3 is 2.26 bits per heavy atom. The highest BCUT2D eigenvalue weighted by Gasteiger charge is 2.19. The van der Waals surface area contributed by atoms with Crippen molar-refractivity contribution in [1.82, 2.24) is 4.90 Å². The molecule has 3 rings (SSSR count). The first-order chi connectivity index (χ1) is 13.1. The van der Waals surface area contributed by atoms with Crippen molar-refractivity contribution in [2.45, 2.75) is 12.8 Å². The molecule has 0 aliphatic carbocycles. The Morgan fingerprint density at radius 2 is 1.63 bits per heavy atom. The minimum Gasteiger partial charge on any atom is -0.480 e. The molecule has 2 aromatic carbocycles. The number of likely N-dealkylation sites (tertiary alicyclic amines) is 1. The molecule has 1 heterocycles. The Kier molecular flexibility index (Phi) is 7.04. The summed E-state index contributed by atoms with van der Waals surface area (Å²) >= 11 is 6.08. The fourth-order valence-electron chi connectivity index (χ4n) is 3.45. The summed E-state index contributed by atoms with van der Waals surface area (Å²) in [4.78, 5) is 12.8. The molecule has 0 amide bonds. The van der Waals surface area contributed by atoms with E-state index < -0.39 is 5.97 Å². The quantitative estimate of drug-likeness (QED) is 0.720. The lowest BCUT2D eigenvalue weighted by atomic mass is 9.88. The number of ether oxygens (including phenoxy) is 1. The van der Waals surface area contributed by atoms with Gasteiger partial charge >= 0.3 is 5.97 Å². The highest BCUT2D eigenvalue weighted by atomic mass is 35.5. The minimum absolute atomic E-state index is 0.228. The molecule has 142 valence electrons. The van der Waals surface area contributed by atoms with Crippen LogP contribution in [0.25, 0.3) is 5.57 Å². The van der Waals surface area contributed by atoms with Crippen LogP contribution >= 0.6 is 11.6 Å². The largest absolute Gasteiger partial charge is 0.480 e. The summed E-state index contributed by atoms with van der Waals surface area (Å²) in [7, 11) is 0. The SMILES string of the molecule is O=C(O)COCCN1CCC(=C(c2ccccc2)c2ccc(Cl)cc2)CC1. The zero-order valence-corrected chi connectivity index (χ0v) is 16.0. The van der Waals surface area contributed by atoms with Gasteiger partial charge in [-0.25, -0.2) is 4.79 Å². The Hall–Kier alpha value is -2.14. The van der Waals surface area contributed by atoms with Crippen LogP contribution in [0.4, 0.5) is 0 Å². The fraction of sp³-hybridized carbons (Fsp3) is 0.318. The van der Waals surface area contributed by atoms with Crippen molar-refractivity contribution in [1.29, 1.82) is 0 Å². The molecule has 1 saturated heterocycles. The molecule has 0 spiro atoms. The van der Waals surface area contributed by atoms with Gasteiger partial charge in [-0.1, -0.05) is 59.6 Å². The molecule has 0 atom stereocenters. The van der Waals surface area contributed by atoms with Gasteiger partial charge in [0.1, 0.15) is 6.61 Å². The van der Waals surface area contributed by atoms with Gasteiger partial charge < -0.3 is 14.7 Å². The van der Waals surface area contributed by atoms with Gasteiger partial charge in [-0.2, -0.15) is 0 Å². The lowest BCUT2D eigenvalue weighted by molar-refractivity contribution is -0.142. The van der Waals surface area contributed by atoms with E-state index in [2.05, 4.69) is 41.3 Å². The van der Waals surface area contributed by atoms with Crippen LogP contribution in [0.3, 0.4) is 0 Å². The Balaban J connectivity index is 1.72. The van der Waals surface area contributed by atoms with Crippen LogP contribution in [0, 0.1) is 0 Å². The van der Waals surface area contributed by atoms with E-state index in [1.54, 1.807) is 0 Å². The Labute approximate surface area is 165 Å². The molecule has 0 unspecified atom stereocenters. The maximum absolute atomic E-state index is 10.5. The first-order valence-corrected chi connectivity index (χ1v) is 9.56. The zero-order chi connectivity index (χ0) is 19.1. The van der Waals surface area contributed by atoms with Crippen LogP contribution < -0.4 is 0 Å². The molecule has 1 fully saturated rings. The Bertz CT molecular complexity index is 777.